The van der Waals surface area contributed by atoms with Crippen molar-refractivity contribution in [3.05, 3.63) is 48.3 Å². The third kappa shape index (κ3) is 3.95. The normalized spacial score (nSPS) is 9.89. The second-order valence-electron chi connectivity index (χ2n) is 3.80. The Balaban J connectivity index is 1.72. The summed E-state index contributed by atoms with van der Waals surface area (Å²) in [5, 5.41) is 9.97. The number of anilines is 1. The van der Waals surface area contributed by atoms with E-state index in [-0.39, 0.29) is 5.91 Å². The highest BCUT2D eigenvalue weighted by Gasteiger charge is 2.04. The number of aromatic nitrogens is 2. The van der Waals surface area contributed by atoms with E-state index >= 15 is 0 Å². The van der Waals surface area contributed by atoms with Gasteiger partial charge in [0, 0.05) is 5.69 Å². The van der Waals surface area contributed by atoms with Crippen LogP contribution in [0.4, 0.5) is 5.69 Å². The molecule has 0 radical (unpaired) electrons. The van der Waals surface area contributed by atoms with Crippen LogP contribution in [0.2, 0.25) is 0 Å². The van der Waals surface area contributed by atoms with E-state index in [0.29, 0.717) is 30.2 Å². The monoisotopic (exact) mass is 258 g/mol. The topological polar surface area (TPSA) is 90.1 Å². The fourth-order valence-corrected chi connectivity index (χ4v) is 1.42. The molecule has 0 aliphatic carbocycles. The maximum absolute atomic E-state index is 11.6. The summed E-state index contributed by atoms with van der Waals surface area (Å²) in [4.78, 5) is 11.6. The first kappa shape index (κ1) is 12.8. The zero-order valence-corrected chi connectivity index (χ0v) is 10.2. The molecule has 1 heterocycles. The van der Waals surface area contributed by atoms with E-state index in [4.69, 9.17) is 10.5 Å². The van der Waals surface area contributed by atoms with E-state index in [1.165, 1.54) is 12.4 Å². The molecule has 0 aliphatic heterocycles. The van der Waals surface area contributed by atoms with Crippen molar-refractivity contribution >= 4 is 11.6 Å². The van der Waals surface area contributed by atoms with Crippen LogP contribution in [-0.2, 0) is 0 Å². The molecule has 3 N–H and O–H groups in total. The molecular weight excluding hydrogens is 244 g/mol. The zero-order valence-electron chi connectivity index (χ0n) is 10.2. The van der Waals surface area contributed by atoms with E-state index in [2.05, 4.69) is 15.5 Å². The first-order valence-electron chi connectivity index (χ1n) is 5.79. The summed E-state index contributed by atoms with van der Waals surface area (Å²) in [5.74, 6) is 0.518. The van der Waals surface area contributed by atoms with Gasteiger partial charge < -0.3 is 15.8 Å². The molecule has 19 heavy (non-hydrogen) atoms. The second kappa shape index (κ2) is 6.34. The van der Waals surface area contributed by atoms with Gasteiger partial charge in [-0.05, 0) is 30.3 Å². The molecule has 6 nitrogen and oxygen atoms in total. The number of hydrogen-bond acceptors (Lipinski definition) is 5. The molecule has 2 rings (SSSR count). The van der Waals surface area contributed by atoms with Gasteiger partial charge in [0.25, 0.3) is 5.91 Å². The average molecular weight is 258 g/mol. The number of carbonyl (C=O) groups excluding carboxylic acids is 1. The van der Waals surface area contributed by atoms with Crippen LogP contribution in [0.3, 0.4) is 0 Å². The number of nitrogens with zero attached hydrogens (tertiary/aromatic N) is 2. The van der Waals surface area contributed by atoms with E-state index in [1.807, 2.05) is 0 Å². The Morgan fingerprint density at radius 2 is 2.00 bits per heavy atom. The Labute approximate surface area is 110 Å². The Hall–Kier alpha value is -2.63. The van der Waals surface area contributed by atoms with Crippen molar-refractivity contribution in [3.63, 3.8) is 0 Å². The fourth-order valence-electron chi connectivity index (χ4n) is 1.42. The highest BCUT2D eigenvalue weighted by molar-refractivity contribution is 5.93. The van der Waals surface area contributed by atoms with Crippen LogP contribution < -0.4 is 15.8 Å². The molecule has 0 spiro atoms. The molecule has 0 bridgehead atoms. The van der Waals surface area contributed by atoms with Crippen molar-refractivity contribution in [2.24, 2.45) is 0 Å². The maximum atomic E-state index is 11.6. The average Bonchev–Trinajstić information content (AvgIpc) is 2.46. The van der Waals surface area contributed by atoms with Crippen molar-refractivity contribution in [3.8, 4) is 5.75 Å². The lowest BCUT2D eigenvalue weighted by molar-refractivity contribution is 0.0946. The Morgan fingerprint density at radius 1 is 1.21 bits per heavy atom. The molecular formula is C13H14N4O2. The van der Waals surface area contributed by atoms with Gasteiger partial charge in [0.2, 0.25) is 0 Å². The van der Waals surface area contributed by atoms with Gasteiger partial charge in [-0.2, -0.15) is 10.2 Å². The van der Waals surface area contributed by atoms with Gasteiger partial charge in [-0.1, -0.05) is 0 Å². The van der Waals surface area contributed by atoms with E-state index in [9.17, 15) is 4.79 Å². The largest absolute Gasteiger partial charge is 0.492 e. The Bertz CT molecular complexity index is 528. The maximum Gasteiger partial charge on any atom is 0.253 e. The smallest absolute Gasteiger partial charge is 0.253 e. The lowest BCUT2D eigenvalue weighted by Gasteiger charge is -2.07. The Kier molecular flexibility index (Phi) is 4.28. The lowest BCUT2D eigenvalue weighted by Crippen LogP contribution is -2.28. The minimum Gasteiger partial charge on any atom is -0.492 e. The van der Waals surface area contributed by atoms with Crippen molar-refractivity contribution in [2.75, 3.05) is 18.9 Å². The van der Waals surface area contributed by atoms with E-state index in [1.54, 1.807) is 30.3 Å². The third-order valence-electron chi connectivity index (χ3n) is 2.38. The van der Waals surface area contributed by atoms with Crippen molar-refractivity contribution in [1.29, 1.82) is 0 Å². The fraction of sp³-hybridized carbons (Fsp3) is 0.154. The summed E-state index contributed by atoms with van der Waals surface area (Å²) in [6.45, 7) is 0.791. The minimum atomic E-state index is -0.198. The number of nitrogens with one attached hydrogen (secondary N) is 1. The molecule has 1 aromatic heterocycles. The van der Waals surface area contributed by atoms with Gasteiger partial charge in [0.1, 0.15) is 12.4 Å². The van der Waals surface area contributed by atoms with E-state index < -0.39 is 0 Å². The molecule has 0 saturated heterocycles. The summed E-state index contributed by atoms with van der Waals surface area (Å²) < 4.78 is 5.45. The second-order valence-corrected chi connectivity index (χ2v) is 3.80. The third-order valence-corrected chi connectivity index (χ3v) is 2.38. The van der Waals surface area contributed by atoms with E-state index in [0.717, 1.165) is 0 Å². The summed E-state index contributed by atoms with van der Waals surface area (Å²) in [6, 6.07) is 8.68. The summed E-state index contributed by atoms with van der Waals surface area (Å²) in [7, 11) is 0. The summed E-state index contributed by atoms with van der Waals surface area (Å²) in [6.07, 6.45) is 2.88. The number of ether oxygens (including phenoxy) is 1. The summed E-state index contributed by atoms with van der Waals surface area (Å²) in [5.41, 5.74) is 6.72. The number of amides is 1. The van der Waals surface area contributed by atoms with Crippen molar-refractivity contribution in [1.82, 2.24) is 15.5 Å². The summed E-state index contributed by atoms with van der Waals surface area (Å²) >= 11 is 0. The molecule has 98 valence electrons. The van der Waals surface area contributed by atoms with Gasteiger partial charge >= 0.3 is 0 Å². The van der Waals surface area contributed by atoms with Gasteiger partial charge in [0.15, 0.2) is 0 Å². The number of rotatable bonds is 5. The molecule has 1 amide bonds. The van der Waals surface area contributed by atoms with Crippen LogP contribution in [0.15, 0.2) is 42.7 Å². The van der Waals surface area contributed by atoms with Crippen LogP contribution in [0.1, 0.15) is 10.4 Å². The van der Waals surface area contributed by atoms with Gasteiger partial charge in [0.05, 0.1) is 24.5 Å². The molecule has 0 fully saturated rings. The molecule has 6 heteroatoms. The number of nitrogen functional groups attached to an aromatic ring is 1. The first-order chi connectivity index (χ1) is 9.25. The van der Waals surface area contributed by atoms with Crippen LogP contribution >= 0.6 is 0 Å². The van der Waals surface area contributed by atoms with Gasteiger partial charge in [-0.15, -0.1) is 0 Å². The highest BCUT2D eigenvalue weighted by Crippen LogP contribution is 2.12. The van der Waals surface area contributed by atoms with Crippen LogP contribution in [0.5, 0.6) is 5.75 Å². The molecule has 2 aromatic rings. The highest BCUT2D eigenvalue weighted by atomic mass is 16.5. The van der Waals surface area contributed by atoms with Crippen molar-refractivity contribution in [2.45, 2.75) is 0 Å². The molecule has 0 atom stereocenters. The minimum absolute atomic E-state index is 0.198. The molecule has 0 unspecified atom stereocenters. The van der Waals surface area contributed by atoms with Crippen LogP contribution in [0, 0.1) is 0 Å². The quantitative estimate of drug-likeness (QED) is 0.613. The SMILES string of the molecule is Nc1ccc(OCCNC(=O)c2ccnnc2)cc1. The number of carbonyl (C=O) groups is 1. The number of nitrogens with two attached hydrogens (primary N) is 1. The predicted molar refractivity (Wildman–Crippen MR) is 70.7 cm³/mol. The number of benzene rings is 1. The van der Waals surface area contributed by atoms with Gasteiger partial charge in [-0.3, -0.25) is 4.79 Å². The molecule has 1 aromatic carbocycles. The van der Waals surface area contributed by atoms with Crippen LogP contribution in [0.25, 0.3) is 0 Å². The molecule has 0 aliphatic rings. The lowest BCUT2D eigenvalue weighted by atomic mass is 10.3. The Morgan fingerprint density at radius 3 is 2.68 bits per heavy atom. The zero-order chi connectivity index (χ0) is 13.5. The first-order valence-corrected chi connectivity index (χ1v) is 5.79. The van der Waals surface area contributed by atoms with Crippen LogP contribution in [-0.4, -0.2) is 29.3 Å². The standard InChI is InChI=1S/C13H14N4O2/c14-11-1-3-12(4-2-11)19-8-7-15-13(18)10-5-6-16-17-9-10/h1-6,9H,7-8,14H2,(H,15,18). The number of hydrogen-bond donors (Lipinski definition) is 2. The van der Waals surface area contributed by atoms with Crippen molar-refractivity contribution < 1.29 is 9.53 Å². The predicted octanol–water partition coefficient (Wildman–Crippen LogP) is 0.868. The van der Waals surface area contributed by atoms with Gasteiger partial charge in [-0.25, -0.2) is 0 Å². The molecule has 0 saturated carbocycles.